The van der Waals surface area contributed by atoms with Crippen molar-refractivity contribution in [3.05, 3.63) is 53.8 Å². The molecule has 0 spiro atoms. The Balaban J connectivity index is 1.52. The number of anilines is 1. The van der Waals surface area contributed by atoms with Gasteiger partial charge in [0.1, 0.15) is 5.82 Å². The van der Waals surface area contributed by atoms with E-state index in [1.54, 1.807) is 12.1 Å². The number of hydrogen-bond acceptors (Lipinski definition) is 6. The first-order chi connectivity index (χ1) is 13.9. The Morgan fingerprint density at radius 3 is 2.52 bits per heavy atom. The van der Waals surface area contributed by atoms with Crippen LogP contribution < -0.4 is 19.1 Å². The maximum absolute atomic E-state index is 14.1. The lowest BCUT2D eigenvalue weighted by Gasteiger charge is -2.40. The predicted octanol–water partition coefficient (Wildman–Crippen LogP) is 1.97. The molecule has 0 aromatic heterocycles. The third-order valence-electron chi connectivity index (χ3n) is 5.27. The van der Waals surface area contributed by atoms with Crippen molar-refractivity contribution in [3.63, 3.8) is 0 Å². The summed E-state index contributed by atoms with van der Waals surface area (Å²) in [4.78, 5) is 4.24. The first-order valence-electron chi connectivity index (χ1n) is 9.48. The largest absolute Gasteiger partial charge is 0.454 e. The van der Waals surface area contributed by atoms with Crippen molar-refractivity contribution < 1.29 is 22.3 Å². The summed E-state index contributed by atoms with van der Waals surface area (Å²) in [6.45, 7) is 3.10. The van der Waals surface area contributed by atoms with E-state index in [1.807, 2.05) is 29.2 Å². The highest BCUT2D eigenvalue weighted by Gasteiger charge is 2.28. The smallest absolute Gasteiger partial charge is 0.231 e. The fourth-order valence-electron chi connectivity index (χ4n) is 3.79. The van der Waals surface area contributed by atoms with Gasteiger partial charge in [-0.1, -0.05) is 18.2 Å². The number of rotatable bonds is 6. The first kappa shape index (κ1) is 19.9. The van der Waals surface area contributed by atoms with Crippen molar-refractivity contribution >= 4 is 15.7 Å². The Bertz CT molecular complexity index is 977. The summed E-state index contributed by atoms with van der Waals surface area (Å²) in [5.41, 5.74) is 1.55. The van der Waals surface area contributed by atoms with E-state index in [9.17, 15) is 12.8 Å². The van der Waals surface area contributed by atoms with Crippen molar-refractivity contribution in [2.24, 2.45) is 0 Å². The fraction of sp³-hybridized carbons (Fsp3) is 0.400. The number of nitrogens with zero attached hydrogens (tertiary/aromatic N) is 2. The maximum Gasteiger partial charge on any atom is 0.231 e. The molecule has 0 aliphatic carbocycles. The lowest BCUT2D eigenvalue weighted by molar-refractivity contribution is 0.173. The summed E-state index contributed by atoms with van der Waals surface area (Å²) in [5.74, 6) is 1.12. The monoisotopic (exact) mass is 421 g/mol. The minimum Gasteiger partial charge on any atom is -0.454 e. The molecule has 29 heavy (non-hydrogen) atoms. The lowest BCUT2D eigenvalue weighted by atomic mass is 10.0. The number of nitrogens with one attached hydrogen (secondary N) is 1. The molecule has 2 heterocycles. The number of hydrogen-bond donors (Lipinski definition) is 1. The molecule has 9 heteroatoms. The molecule has 1 atom stereocenters. The number of ether oxygens (including phenoxy) is 2. The minimum absolute atomic E-state index is 0.165. The molecular formula is C20H24FN3O4S. The van der Waals surface area contributed by atoms with Crippen LogP contribution in [0.3, 0.4) is 0 Å². The van der Waals surface area contributed by atoms with Crippen molar-refractivity contribution in [1.82, 2.24) is 9.62 Å². The van der Waals surface area contributed by atoms with Gasteiger partial charge in [0.05, 0.1) is 11.9 Å². The van der Waals surface area contributed by atoms with Crippen LogP contribution in [0, 0.1) is 5.82 Å². The van der Waals surface area contributed by atoms with Gasteiger partial charge in [-0.3, -0.25) is 4.90 Å². The van der Waals surface area contributed by atoms with Crippen LogP contribution in [0.1, 0.15) is 11.6 Å². The minimum atomic E-state index is -3.33. The molecule has 2 aliphatic heterocycles. The molecule has 2 aromatic rings. The Labute approximate surface area is 170 Å². The van der Waals surface area contributed by atoms with E-state index in [-0.39, 0.29) is 25.2 Å². The summed E-state index contributed by atoms with van der Waals surface area (Å²) >= 11 is 0. The van der Waals surface area contributed by atoms with Crippen LogP contribution in [0.5, 0.6) is 11.5 Å². The second-order valence-electron chi connectivity index (χ2n) is 7.22. The zero-order valence-corrected chi connectivity index (χ0v) is 17.0. The summed E-state index contributed by atoms with van der Waals surface area (Å²) in [6, 6.07) is 12.3. The molecule has 156 valence electrons. The SMILES string of the molecule is CS(=O)(=O)NCC(c1ccc2c(c1)OCO2)N1CCN(c2ccccc2F)CC1. The van der Waals surface area contributed by atoms with E-state index in [0.29, 0.717) is 43.4 Å². The predicted molar refractivity (Wildman–Crippen MR) is 108 cm³/mol. The van der Waals surface area contributed by atoms with Crippen LogP contribution in [-0.2, 0) is 10.0 Å². The Kier molecular flexibility index (Phi) is 5.62. The van der Waals surface area contributed by atoms with Gasteiger partial charge in [-0.25, -0.2) is 17.5 Å². The zero-order valence-electron chi connectivity index (χ0n) is 16.2. The molecule has 1 N–H and O–H groups in total. The molecular weight excluding hydrogens is 397 g/mol. The second-order valence-corrected chi connectivity index (χ2v) is 9.06. The van der Waals surface area contributed by atoms with Crippen LogP contribution in [-0.4, -0.2) is 59.1 Å². The van der Waals surface area contributed by atoms with Crippen LogP contribution in [0.2, 0.25) is 0 Å². The number of benzene rings is 2. The number of para-hydroxylation sites is 1. The standard InChI is InChI=1S/C20H24FN3O4S/c1-29(25,26)22-13-18(15-6-7-19-20(12-15)28-14-27-19)24-10-8-23(9-11-24)17-5-3-2-4-16(17)21/h2-7,12,18,22H,8-11,13-14H2,1H3. The Hall–Kier alpha value is -2.36. The normalized spacial score (nSPS) is 18.1. The van der Waals surface area contributed by atoms with Crippen LogP contribution >= 0.6 is 0 Å². The third-order valence-corrected chi connectivity index (χ3v) is 5.96. The van der Waals surface area contributed by atoms with E-state index in [4.69, 9.17) is 9.47 Å². The van der Waals surface area contributed by atoms with Gasteiger partial charge >= 0.3 is 0 Å². The molecule has 0 bridgehead atoms. The molecule has 0 saturated carbocycles. The van der Waals surface area contributed by atoms with E-state index >= 15 is 0 Å². The first-order valence-corrected chi connectivity index (χ1v) is 11.4. The summed E-state index contributed by atoms with van der Waals surface area (Å²) < 4.78 is 51.0. The van der Waals surface area contributed by atoms with Gasteiger partial charge in [-0.15, -0.1) is 0 Å². The van der Waals surface area contributed by atoms with Gasteiger partial charge in [0.15, 0.2) is 11.5 Å². The third kappa shape index (κ3) is 4.63. The summed E-state index contributed by atoms with van der Waals surface area (Å²) in [7, 11) is -3.33. The average molecular weight is 421 g/mol. The van der Waals surface area contributed by atoms with Crippen LogP contribution in [0.15, 0.2) is 42.5 Å². The number of fused-ring (bicyclic) bond motifs is 1. The van der Waals surface area contributed by atoms with Crippen LogP contribution in [0.4, 0.5) is 10.1 Å². The van der Waals surface area contributed by atoms with Gasteiger partial charge in [-0.2, -0.15) is 0 Å². The molecule has 2 aliphatic rings. The molecule has 2 aromatic carbocycles. The molecule has 7 nitrogen and oxygen atoms in total. The molecule has 1 fully saturated rings. The van der Waals surface area contributed by atoms with Crippen molar-refractivity contribution in [2.45, 2.75) is 6.04 Å². The molecule has 0 radical (unpaired) electrons. The number of halogens is 1. The number of piperazine rings is 1. The van der Waals surface area contributed by atoms with Gasteiger partial charge in [0.25, 0.3) is 0 Å². The molecule has 4 rings (SSSR count). The lowest BCUT2D eigenvalue weighted by Crippen LogP contribution is -2.50. The topological polar surface area (TPSA) is 71.1 Å². The van der Waals surface area contributed by atoms with E-state index < -0.39 is 10.0 Å². The molecule has 1 unspecified atom stereocenters. The van der Waals surface area contributed by atoms with Crippen molar-refractivity contribution in [1.29, 1.82) is 0 Å². The van der Waals surface area contributed by atoms with E-state index in [1.165, 1.54) is 6.07 Å². The second kappa shape index (κ2) is 8.17. The quantitative estimate of drug-likeness (QED) is 0.769. The van der Waals surface area contributed by atoms with E-state index in [2.05, 4.69) is 9.62 Å². The average Bonchev–Trinajstić information content (AvgIpc) is 3.16. The highest BCUT2D eigenvalue weighted by Crippen LogP contribution is 2.36. The van der Waals surface area contributed by atoms with E-state index in [0.717, 1.165) is 11.8 Å². The fourth-order valence-corrected chi connectivity index (χ4v) is 4.25. The van der Waals surface area contributed by atoms with Crippen molar-refractivity contribution in [2.75, 3.05) is 50.7 Å². The Morgan fingerprint density at radius 2 is 1.79 bits per heavy atom. The van der Waals surface area contributed by atoms with Gasteiger partial charge in [-0.05, 0) is 29.8 Å². The van der Waals surface area contributed by atoms with Crippen molar-refractivity contribution in [3.8, 4) is 11.5 Å². The van der Waals surface area contributed by atoms with Gasteiger partial charge < -0.3 is 14.4 Å². The zero-order chi connectivity index (χ0) is 20.4. The molecule has 0 amide bonds. The maximum atomic E-state index is 14.1. The van der Waals surface area contributed by atoms with Gasteiger partial charge in [0.2, 0.25) is 16.8 Å². The highest BCUT2D eigenvalue weighted by molar-refractivity contribution is 7.88. The number of sulfonamides is 1. The Morgan fingerprint density at radius 1 is 1.07 bits per heavy atom. The summed E-state index contributed by atoms with van der Waals surface area (Å²) in [6.07, 6.45) is 1.15. The highest BCUT2D eigenvalue weighted by atomic mass is 32.2. The summed E-state index contributed by atoms with van der Waals surface area (Å²) in [5, 5.41) is 0. The molecule has 1 saturated heterocycles. The van der Waals surface area contributed by atoms with Gasteiger partial charge in [0, 0.05) is 38.8 Å². The van der Waals surface area contributed by atoms with Crippen LogP contribution in [0.25, 0.3) is 0 Å².